The highest BCUT2D eigenvalue weighted by Crippen LogP contribution is 2.26. The van der Waals surface area contributed by atoms with Crippen molar-refractivity contribution in [1.82, 2.24) is 15.3 Å². The Morgan fingerprint density at radius 2 is 1.97 bits per heavy atom. The Labute approximate surface area is 233 Å². The maximum atomic E-state index is 10.4. The van der Waals surface area contributed by atoms with Gasteiger partial charge in [0.1, 0.15) is 17.7 Å². The molecule has 0 saturated heterocycles. The number of methoxy groups -OCH3 is 1. The summed E-state index contributed by atoms with van der Waals surface area (Å²) in [5.74, 6) is 2.23. The van der Waals surface area contributed by atoms with Gasteiger partial charge in [0.2, 0.25) is 0 Å². The van der Waals surface area contributed by atoms with E-state index in [0.29, 0.717) is 30.4 Å². The predicted octanol–water partition coefficient (Wildman–Crippen LogP) is 3.81. The van der Waals surface area contributed by atoms with Gasteiger partial charge in [-0.3, -0.25) is 4.79 Å². The number of unbranched alkanes of at least 4 members (excludes halogenated alkanes) is 1. The predicted molar refractivity (Wildman–Crippen MR) is 159 cm³/mol. The number of aromatic hydroxyl groups is 1. The van der Waals surface area contributed by atoms with Crippen LogP contribution in [0.25, 0.3) is 23.5 Å². The van der Waals surface area contributed by atoms with Gasteiger partial charge in [0.15, 0.2) is 5.82 Å². The Bertz CT molecular complexity index is 1180. The van der Waals surface area contributed by atoms with Crippen LogP contribution in [0.15, 0.2) is 35.9 Å². The SMILES string of the molecule is CCCCN(CC(C)CNC)c1nc(-c2ccccc2O)nc2c1=CCC=C(C)C=2.COCCC(C)OC=O. The van der Waals surface area contributed by atoms with Crippen molar-refractivity contribution in [2.24, 2.45) is 5.92 Å². The van der Waals surface area contributed by atoms with Crippen LogP contribution >= 0.6 is 0 Å². The van der Waals surface area contributed by atoms with Gasteiger partial charge in [-0.25, -0.2) is 9.97 Å². The summed E-state index contributed by atoms with van der Waals surface area (Å²) < 4.78 is 9.35. The fourth-order valence-corrected chi connectivity index (χ4v) is 4.31. The van der Waals surface area contributed by atoms with Crippen LogP contribution in [0.4, 0.5) is 5.82 Å². The van der Waals surface area contributed by atoms with Crippen molar-refractivity contribution in [3.63, 3.8) is 0 Å². The van der Waals surface area contributed by atoms with Gasteiger partial charge in [-0.15, -0.1) is 0 Å². The zero-order valence-corrected chi connectivity index (χ0v) is 24.4. The van der Waals surface area contributed by atoms with Crippen molar-refractivity contribution >= 4 is 24.4 Å². The number of hydrogen-bond acceptors (Lipinski definition) is 8. The number of hydrogen-bond donors (Lipinski definition) is 2. The number of aromatic nitrogens is 2. The average molecular weight is 539 g/mol. The Morgan fingerprint density at radius 1 is 1.21 bits per heavy atom. The van der Waals surface area contributed by atoms with Crippen molar-refractivity contribution in [3.8, 4) is 17.1 Å². The van der Waals surface area contributed by atoms with E-state index in [1.807, 2.05) is 32.2 Å². The number of para-hydroxylation sites is 1. The number of phenolic OH excluding ortho intramolecular Hbond substituents is 1. The fourth-order valence-electron chi connectivity index (χ4n) is 4.31. The fraction of sp³-hybridized carbons (Fsp3) is 0.516. The van der Waals surface area contributed by atoms with Gasteiger partial charge in [0.25, 0.3) is 6.47 Å². The highest BCUT2D eigenvalue weighted by molar-refractivity contribution is 5.66. The number of ether oxygens (including phenoxy) is 2. The van der Waals surface area contributed by atoms with Crippen LogP contribution in [0.5, 0.6) is 5.75 Å². The number of carbonyl (C=O) groups excluding carboxylic acids is 1. The molecule has 0 spiro atoms. The highest BCUT2D eigenvalue weighted by atomic mass is 16.5. The summed E-state index contributed by atoms with van der Waals surface area (Å²) in [4.78, 5) is 22.0. The van der Waals surface area contributed by atoms with Gasteiger partial charge in [0, 0.05) is 38.4 Å². The molecule has 1 aliphatic rings. The number of nitrogens with zero attached hydrogens (tertiary/aromatic N) is 3. The summed E-state index contributed by atoms with van der Waals surface area (Å²) in [6, 6.07) is 7.30. The number of anilines is 1. The van der Waals surface area contributed by atoms with Gasteiger partial charge in [-0.05, 0) is 64.4 Å². The highest BCUT2D eigenvalue weighted by Gasteiger charge is 2.18. The Balaban J connectivity index is 0.000000510. The van der Waals surface area contributed by atoms with Crippen molar-refractivity contribution in [2.75, 3.05) is 45.3 Å². The van der Waals surface area contributed by atoms with E-state index in [1.165, 1.54) is 5.57 Å². The summed E-state index contributed by atoms with van der Waals surface area (Å²) in [5, 5.41) is 15.7. The lowest BCUT2D eigenvalue weighted by molar-refractivity contribution is -0.133. The first kappa shape index (κ1) is 32.0. The van der Waals surface area contributed by atoms with Gasteiger partial charge in [0.05, 0.1) is 10.9 Å². The van der Waals surface area contributed by atoms with E-state index >= 15 is 0 Å². The molecule has 0 aliphatic heterocycles. The van der Waals surface area contributed by atoms with Crippen molar-refractivity contribution in [1.29, 1.82) is 0 Å². The number of carbonyl (C=O) groups is 1. The minimum Gasteiger partial charge on any atom is -0.507 e. The second-order valence-electron chi connectivity index (χ2n) is 10.0. The number of benzene rings is 1. The van der Waals surface area contributed by atoms with Gasteiger partial charge in [-0.1, -0.05) is 50.1 Å². The van der Waals surface area contributed by atoms with Crippen molar-refractivity contribution < 1.29 is 19.4 Å². The molecule has 0 amide bonds. The van der Waals surface area contributed by atoms with E-state index in [9.17, 15) is 9.90 Å². The lowest BCUT2D eigenvalue weighted by Gasteiger charge is -2.28. The van der Waals surface area contributed by atoms with E-state index in [4.69, 9.17) is 14.7 Å². The summed E-state index contributed by atoms with van der Waals surface area (Å²) in [5.41, 5.74) is 1.86. The summed E-state index contributed by atoms with van der Waals surface area (Å²) in [6.07, 6.45) is 10.4. The molecule has 2 unspecified atom stereocenters. The van der Waals surface area contributed by atoms with E-state index in [-0.39, 0.29) is 11.9 Å². The molecule has 3 rings (SSSR count). The molecule has 0 fully saturated rings. The van der Waals surface area contributed by atoms with E-state index in [0.717, 1.165) is 61.7 Å². The third kappa shape index (κ3) is 10.5. The van der Waals surface area contributed by atoms with E-state index in [2.05, 4.69) is 54.0 Å². The maximum absolute atomic E-state index is 10.4. The molecule has 1 aromatic heterocycles. The largest absolute Gasteiger partial charge is 0.507 e. The number of allylic oxidation sites excluding steroid dienone is 2. The molecule has 1 aliphatic carbocycles. The van der Waals surface area contributed by atoms with E-state index < -0.39 is 0 Å². The molecule has 2 atom stereocenters. The third-order valence-corrected chi connectivity index (χ3v) is 6.41. The monoisotopic (exact) mass is 538 g/mol. The maximum Gasteiger partial charge on any atom is 0.293 e. The van der Waals surface area contributed by atoms with Crippen molar-refractivity contribution in [2.45, 2.75) is 59.5 Å². The molecule has 2 aromatic rings. The first-order valence-corrected chi connectivity index (χ1v) is 13.9. The van der Waals surface area contributed by atoms with Crippen LogP contribution in [0.1, 0.15) is 53.4 Å². The van der Waals surface area contributed by atoms with Crippen molar-refractivity contribution in [3.05, 3.63) is 46.5 Å². The van der Waals surface area contributed by atoms with Crippen LogP contribution in [0.2, 0.25) is 0 Å². The molecule has 39 heavy (non-hydrogen) atoms. The van der Waals surface area contributed by atoms with Crippen LogP contribution in [-0.4, -0.2) is 68.0 Å². The molecule has 1 heterocycles. The van der Waals surface area contributed by atoms with Crippen LogP contribution in [0.3, 0.4) is 0 Å². The molecular formula is C31H46N4O4. The second kappa shape index (κ2) is 17.4. The smallest absolute Gasteiger partial charge is 0.293 e. The molecule has 0 bridgehead atoms. The van der Waals surface area contributed by atoms with Crippen LogP contribution < -0.4 is 20.8 Å². The summed E-state index contributed by atoms with van der Waals surface area (Å²) in [6.45, 7) is 12.3. The molecule has 2 N–H and O–H groups in total. The molecule has 8 heteroatoms. The third-order valence-electron chi connectivity index (χ3n) is 6.41. The van der Waals surface area contributed by atoms with Gasteiger partial charge < -0.3 is 24.8 Å². The van der Waals surface area contributed by atoms with Crippen LogP contribution in [-0.2, 0) is 14.3 Å². The number of nitrogens with one attached hydrogen (secondary N) is 1. The molecular weight excluding hydrogens is 492 g/mol. The summed E-state index contributed by atoms with van der Waals surface area (Å²) in [7, 11) is 3.62. The van der Waals surface area contributed by atoms with Gasteiger partial charge >= 0.3 is 0 Å². The second-order valence-corrected chi connectivity index (χ2v) is 10.0. The standard InChI is InChI=1S/C25H34N4O.C6H12O3/c1-5-6-14-29(17-19(3)16-26-4)25-20-12-9-10-18(2)15-22(20)27-24(28-25)21-11-7-8-13-23(21)30;1-6(9-5-7)3-4-8-2/h7-8,10-13,15,19,26,30H,5-6,9,14,16-17H2,1-4H3;5-6H,3-4H2,1-2H3. The lowest BCUT2D eigenvalue weighted by atomic mass is 10.1. The average Bonchev–Trinajstić information content (AvgIpc) is 3.10. The number of phenols is 1. The normalized spacial score (nSPS) is 13.7. The minimum absolute atomic E-state index is 0.0255. The molecule has 214 valence electrons. The zero-order chi connectivity index (χ0) is 28.6. The summed E-state index contributed by atoms with van der Waals surface area (Å²) >= 11 is 0. The molecule has 0 saturated carbocycles. The number of rotatable bonds is 14. The first-order chi connectivity index (χ1) is 18.8. The zero-order valence-electron chi connectivity index (χ0n) is 24.4. The quantitative estimate of drug-likeness (QED) is 0.351. The molecule has 1 aromatic carbocycles. The van der Waals surface area contributed by atoms with Gasteiger partial charge in [-0.2, -0.15) is 0 Å². The van der Waals surface area contributed by atoms with Crippen LogP contribution in [0, 0.1) is 5.92 Å². The lowest BCUT2D eigenvalue weighted by Crippen LogP contribution is -2.41. The number of fused-ring (bicyclic) bond motifs is 1. The molecule has 0 radical (unpaired) electrons. The molecule has 8 nitrogen and oxygen atoms in total. The minimum atomic E-state index is -0.0255. The topological polar surface area (TPSA) is 96.8 Å². The Kier molecular flexibility index (Phi) is 14.3. The van der Waals surface area contributed by atoms with E-state index in [1.54, 1.807) is 13.2 Å². The Morgan fingerprint density at radius 3 is 2.64 bits per heavy atom. The first-order valence-electron chi connectivity index (χ1n) is 13.9. The Hall–Kier alpha value is -3.23.